The zero-order chi connectivity index (χ0) is 8.55. The smallest absolute Gasteiger partial charge is 0.158 e. The number of aromatic amines is 1. The number of H-pyrrole nitrogens is 1. The average Bonchev–Trinajstić information content (AvgIpc) is 2.40. The Bertz CT molecular complexity index is 408. The molecule has 0 radical (unpaired) electrons. The number of ether oxygens (including phenoxy) is 1. The van der Waals surface area contributed by atoms with Crippen molar-refractivity contribution in [2.45, 2.75) is 0 Å². The summed E-state index contributed by atoms with van der Waals surface area (Å²) in [7, 11) is 1.67. The van der Waals surface area contributed by atoms with E-state index in [2.05, 4.69) is 20.9 Å². The second kappa shape index (κ2) is 2.83. The van der Waals surface area contributed by atoms with Crippen LogP contribution >= 0.6 is 15.9 Å². The van der Waals surface area contributed by atoms with Crippen LogP contribution in [0.3, 0.4) is 0 Å². The number of hydrogen-bond donors (Lipinski definition) is 1. The monoisotopic (exact) mass is 225 g/mol. The maximum absolute atomic E-state index is 5.22. The van der Waals surface area contributed by atoms with Crippen LogP contribution in [0.1, 0.15) is 0 Å². The van der Waals surface area contributed by atoms with Crippen LogP contribution in [0, 0.1) is 0 Å². The first-order valence-corrected chi connectivity index (χ1v) is 4.42. The molecular formula is C9H8BrNO. The van der Waals surface area contributed by atoms with Gasteiger partial charge in [-0.3, -0.25) is 0 Å². The van der Waals surface area contributed by atoms with Gasteiger partial charge in [-0.1, -0.05) is 12.1 Å². The van der Waals surface area contributed by atoms with Gasteiger partial charge in [0.15, 0.2) is 5.75 Å². The van der Waals surface area contributed by atoms with Crippen LogP contribution < -0.4 is 4.74 Å². The molecule has 2 aromatic rings. The van der Waals surface area contributed by atoms with Crippen LogP contribution in [0.5, 0.6) is 5.75 Å². The molecule has 0 unspecified atom stereocenters. The van der Waals surface area contributed by atoms with E-state index in [1.54, 1.807) is 7.11 Å². The minimum atomic E-state index is 0.866. The van der Waals surface area contributed by atoms with Crippen molar-refractivity contribution < 1.29 is 4.74 Å². The maximum Gasteiger partial charge on any atom is 0.158 e. The average molecular weight is 226 g/mol. The standard InChI is InChI=1S/C9H8BrNO/c1-12-8-6-4-2-3-5-7(6)11-9(8)10/h2-5,11H,1H3. The van der Waals surface area contributed by atoms with E-state index in [-0.39, 0.29) is 0 Å². The summed E-state index contributed by atoms with van der Waals surface area (Å²) >= 11 is 3.39. The summed E-state index contributed by atoms with van der Waals surface area (Å²) in [6.07, 6.45) is 0. The van der Waals surface area contributed by atoms with Gasteiger partial charge in [-0.25, -0.2) is 0 Å². The highest BCUT2D eigenvalue weighted by Gasteiger charge is 2.07. The van der Waals surface area contributed by atoms with Crippen molar-refractivity contribution >= 4 is 26.8 Å². The molecule has 2 nitrogen and oxygen atoms in total. The van der Waals surface area contributed by atoms with E-state index in [1.165, 1.54) is 0 Å². The van der Waals surface area contributed by atoms with Crippen molar-refractivity contribution in [1.82, 2.24) is 4.98 Å². The summed E-state index contributed by atoms with van der Waals surface area (Å²) in [5.41, 5.74) is 1.08. The van der Waals surface area contributed by atoms with Gasteiger partial charge in [0, 0.05) is 5.39 Å². The second-order valence-electron chi connectivity index (χ2n) is 2.52. The molecule has 1 heterocycles. The van der Waals surface area contributed by atoms with Crippen molar-refractivity contribution in [3.8, 4) is 5.75 Å². The first kappa shape index (κ1) is 7.68. The normalized spacial score (nSPS) is 10.5. The van der Waals surface area contributed by atoms with E-state index < -0.39 is 0 Å². The van der Waals surface area contributed by atoms with Gasteiger partial charge >= 0.3 is 0 Å². The topological polar surface area (TPSA) is 25.0 Å². The lowest BCUT2D eigenvalue weighted by Gasteiger charge is -1.95. The van der Waals surface area contributed by atoms with Crippen molar-refractivity contribution in [2.75, 3.05) is 7.11 Å². The number of benzene rings is 1. The Balaban J connectivity index is 2.81. The molecule has 1 aromatic carbocycles. The molecule has 12 heavy (non-hydrogen) atoms. The van der Waals surface area contributed by atoms with E-state index in [4.69, 9.17) is 4.74 Å². The minimum absolute atomic E-state index is 0.866. The Morgan fingerprint density at radius 3 is 2.83 bits per heavy atom. The van der Waals surface area contributed by atoms with Gasteiger partial charge in [0.2, 0.25) is 0 Å². The first-order valence-electron chi connectivity index (χ1n) is 3.63. The Morgan fingerprint density at radius 1 is 1.33 bits per heavy atom. The van der Waals surface area contributed by atoms with E-state index in [0.29, 0.717) is 0 Å². The molecule has 0 fully saturated rings. The molecule has 0 spiro atoms. The van der Waals surface area contributed by atoms with Crippen LogP contribution in [0.4, 0.5) is 0 Å². The largest absolute Gasteiger partial charge is 0.493 e. The SMILES string of the molecule is COc1c(Br)[nH]c2ccccc12. The van der Waals surface area contributed by atoms with Crippen LogP contribution in [-0.4, -0.2) is 12.1 Å². The number of aromatic nitrogens is 1. The predicted molar refractivity (Wildman–Crippen MR) is 52.6 cm³/mol. The number of fused-ring (bicyclic) bond motifs is 1. The molecule has 2 rings (SSSR count). The van der Waals surface area contributed by atoms with Crippen molar-refractivity contribution in [3.05, 3.63) is 28.9 Å². The van der Waals surface area contributed by atoms with E-state index >= 15 is 0 Å². The third kappa shape index (κ3) is 1.01. The highest BCUT2D eigenvalue weighted by Crippen LogP contribution is 2.32. The van der Waals surface area contributed by atoms with E-state index in [0.717, 1.165) is 21.3 Å². The number of nitrogens with one attached hydrogen (secondary N) is 1. The molecule has 1 aromatic heterocycles. The highest BCUT2D eigenvalue weighted by molar-refractivity contribution is 9.10. The summed E-state index contributed by atoms with van der Waals surface area (Å²) in [4.78, 5) is 3.17. The van der Waals surface area contributed by atoms with Crippen LogP contribution in [0.15, 0.2) is 28.9 Å². The minimum Gasteiger partial charge on any atom is -0.493 e. The Morgan fingerprint density at radius 2 is 2.08 bits per heavy atom. The fourth-order valence-corrected chi connectivity index (χ4v) is 1.87. The lowest BCUT2D eigenvalue weighted by Crippen LogP contribution is -1.79. The fourth-order valence-electron chi connectivity index (χ4n) is 1.28. The van der Waals surface area contributed by atoms with Gasteiger partial charge in [0.1, 0.15) is 4.60 Å². The van der Waals surface area contributed by atoms with Gasteiger partial charge in [-0.05, 0) is 28.1 Å². The Labute approximate surface area is 78.7 Å². The number of methoxy groups -OCH3 is 1. The molecule has 0 atom stereocenters. The molecule has 0 amide bonds. The molecule has 0 aliphatic carbocycles. The van der Waals surface area contributed by atoms with Crippen molar-refractivity contribution in [1.29, 1.82) is 0 Å². The van der Waals surface area contributed by atoms with Crippen LogP contribution in [0.2, 0.25) is 0 Å². The number of para-hydroxylation sites is 1. The molecule has 1 N–H and O–H groups in total. The van der Waals surface area contributed by atoms with Crippen LogP contribution in [0.25, 0.3) is 10.9 Å². The zero-order valence-corrected chi connectivity index (χ0v) is 8.18. The van der Waals surface area contributed by atoms with Crippen molar-refractivity contribution in [3.63, 3.8) is 0 Å². The fraction of sp³-hybridized carbons (Fsp3) is 0.111. The summed E-state index contributed by atoms with van der Waals surface area (Å²) in [5.74, 6) is 0.866. The zero-order valence-electron chi connectivity index (χ0n) is 6.60. The van der Waals surface area contributed by atoms with Crippen molar-refractivity contribution in [2.24, 2.45) is 0 Å². The molecular weight excluding hydrogens is 218 g/mol. The van der Waals surface area contributed by atoms with E-state index in [1.807, 2.05) is 24.3 Å². The molecule has 0 saturated carbocycles. The number of rotatable bonds is 1. The summed E-state index contributed by atoms with van der Waals surface area (Å²) in [6, 6.07) is 8.02. The third-order valence-electron chi connectivity index (χ3n) is 1.82. The molecule has 3 heteroatoms. The summed E-state index contributed by atoms with van der Waals surface area (Å²) < 4.78 is 6.11. The Kier molecular flexibility index (Phi) is 1.81. The van der Waals surface area contributed by atoms with Gasteiger partial charge in [0.05, 0.1) is 12.6 Å². The van der Waals surface area contributed by atoms with Gasteiger partial charge < -0.3 is 9.72 Å². The van der Waals surface area contributed by atoms with Gasteiger partial charge in [-0.2, -0.15) is 0 Å². The molecule has 62 valence electrons. The highest BCUT2D eigenvalue weighted by atomic mass is 79.9. The second-order valence-corrected chi connectivity index (χ2v) is 3.31. The summed E-state index contributed by atoms with van der Waals surface area (Å²) in [5, 5.41) is 1.10. The third-order valence-corrected chi connectivity index (χ3v) is 2.38. The Hall–Kier alpha value is -0.960. The predicted octanol–water partition coefficient (Wildman–Crippen LogP) is 2.94. The number of hydrogen-bond acceptors (Lipinski definition) is 1. The van der Waals surface area contributed by atoms with Gasteiger partial charge in [0.25, 0.3) is 0 Å². The first-order chi connectivity index (χ1) is 5.83. The van der Waals surface area contributed by atoms with E-state index in [9.17, 15) is 0 Å². The summed E-state index contributed by atoms with van der Waals surface area (Å²) in [6.45, 7) is 0. The molecule has 0 bridgehead atoms. The molecule has 0 aliphatic rings. The molecule has 0 aliphatic heterocycles. The molecule has 0 saturated heterocycles. The lowest BCUT2D eigenvalue weighted by molar-refractivity contribution is 0.417. The lowest BCUT2D eigenvalue weighted by atomic mass is 10.2. The van der Waals surface area contributed by atoms with Gasteiger partial charge in [-0.15, -0.1) is 0 Å². The number of halogens is 1. The quantitative estimate of drug-likeness (QED) is 0.794. The maximum atomic E-state index is 5.22. The van der Waals surface area contributed by atoms with Crippen LogP contribution in [-0.2, 0) is 0 Å².